The van der Waals surface area contributed by atoms with Gasteiger partial charge in [-0.15, -0.1) is 5.10 Å². The van der Waals surface area contributed by atoms with E-state index >= 15 is 0 Å². The van der Waals surface area contributed by atoms with Gasteiger partial charge in [-0.1, -0.05) is 23.9 Å². The fraction of sp³-hybridized carbons (Fsp3) is 0. The van der Waals surface area contributed by atoms with Crippen LogP contribution in [-0.2, 0) is 0 Å². The first kappa shape index (κ1) is 21.6. The number of hydrazine groups is 1. The highest BCUT2D eigenvalue weighted by Gasteiger charge is 2.25. The Labute approximate surface area is 190 Å². The number of nitro benzene ring substituents is 1. The van der Waals surface area contributed by atoms with Crippen LogP contribution in [0.3, 0.4) is 0 Å². The van der Waals surface area contributed by atoms with Gasteiger partial charge in [0, 0.05) is 17.7 Å². The van der Waals surface area contributed by atoms with Crippen LogP contribution in [-0.4, -0.2) is 36.1 Å². The summed E-state index contributed by atoms with van der Waals surface area (Å²) < 4.78 is 5.74. The number of nitrogens with one attached hydrogen (secondary N) is 2. The van der Waals surface area contributed by atoms with Crippen LogP contribution in [0, 0.1) is 21.4 Å². The summed E-state index contributed by atoms with van der Waals surface area (Å²) in [7, 11) is 0. The Balaban J connectivity index is 1.64. The minimum atomic E-state index is -0.690. The highest BCUT2D eigenvalue weighted by molar-refractivity contribution is 5.98. The molecule has 34 heavy (non-hydrogen) atoms. The van der Waals surface area contributed by atoms with E-state index in [1.807, 2.05) is 6.07 Å². The van der Waals surface area contributed by atoms with Crippen LogP contribution in [0.15, 0.2) is 59.7 Å². The van der Waals surface area contributed by atoms with E-state index in [-0.39, 0.29) is 28.7 Å². The maximum Gasteiger partial charge on any atom is 0.292 e. The number of hydrogen-bond acceptors (Lipinski definition) is 11. The summed E-state index contributed by atoms with van der Waals surface area (Å²) in [4.78, 5) is 23.4. The third-order valence-corrected chi connectivity index (χ3v) is 4.62. The summed E-state index contributed by atoms with van der Waals surface area (Å²) in [6, 6.07) is 14.0. The lowest BCUT2D eigenvalue weighted by Crippen LogP contribution is -2.36. The molecule has 168 valence electrons. The van der Waals surface area contributed by atoms with Crippen LogP contribution < -0.4 is 16.6 Å². The smallest absolute Gasteiger partial charge is 0.292 e. The predicted octanol–water partition coefficient (Wildman–Crippen LogP) is 1.58. The van der Waals surface area contributed by atoms with E-state index in [4.69, 9.17) is 11.0 Å². The Kier molecular flexibility index (Phi) is 5.65. The topological polar surface area (TPSA) is 204 Å². The molecule has 4 rings (SSSR count). The molecule has 0 unspecified atom stereocenters. The minimum Gasteiger partial charge on any atom is -0.378 e. The van der Waals surface area contributed by atoms with Crippen molar-refractivity contribution in [1.29, 1.82) is 5.26 Å². The molecular formula is C20H14N10O4. The summed E-state index contributed by atoms with van der Waals surface area (Å²) in [5.74, 6) is -0.813. The zero-order valence-corrected chi connectivity index (χ0v) is 17.2. The monoisotopic (exact) mass is 458 g/mol. The van der Waals surface area contributed by atoms with Crippen molar-refractivity contribution in [2.24, 2.45) is 0 Å². The van der Waals surface area contributed by atoms with Crippen LogP contribution in [0.4, 0.5) is 11.5 Å². The SMILES string of the molecule is C=C(NNC(=O)c1nnn(-c2nonc2N)c1-c1ccc([N+](=O)[O-])cc1)c1ccc(C#N)cc1. The van der Waals surface area contributed by atoms with Gasteiger partial charge in [0.25, 0.3) is 11.6 Å². The molecule has 0 atom stereocenters. The van der Waals surface area contributed by atoms with Crippen molar-refractivity contribution in [2.45, 2.75) is 0 Å². The molecule has 14 heteroatoms. The van der Waals surface area contributed by atoms with Crippen molar-refractivity contribution < 1.29 is 14.3 Å². The number of hydrogen-bond donors (Lipinski definition) is 3. The maximum absolute atomic E-state index is 12.9. The van der Waals surface area contributed by atoms with E-state index in [9.17, 15) is 14.9 Å². The molecule has 0 aliphatic rings. The molecule has 0 fully saturated rings. The molecular weight excluding hydrogens is 444 g/mol. The van der Waals surface area contributed by atoms with E-state index in [2.05, 4.69) is 42.7 Å². The lowest BCUT2D eigenvalue weighted by atomic mass is 10.1. The highest BCUT2D eigenvalue weighted by atomic mass is 16.6. The van der Waals surface area contributed by atoms with Gasteiger partial charge in [-0.05, 0) is 40.1 Å². The fourth-order valence-corrected chi connectivity index (χ4v) is 2.93. The largest absolute Gasteiger partial charge is 0.378 e. The highest BCUT2D eigenvalue weighted by Crippen LogP contribution is 2.28. The number of nitrogen functional groups attached to an aromatic ring is 1. The van der Waals surface area contributed by atoms with Gasteiger partial charge in [0.05, 0.1) is 22.3 Å². The van der Waals surface area contributed by atoms with Crippen molar-refractivity contribution in [3.05, 3.63) is 82.0 Å². The predicted molar refractivity (Wildman–Crippen MR) is 117 cm³/mol. The van der Waals surface area contributed by atoms with Crippen LogP contribution in [0.2, 0.25) is 0 Å². The maximum atomic E-state index is 12.9. The minimum absolute atomic E-state index is 0.0187. The van der Waals surface area contributed by atoms with Crippen molar-refractivity contribution >= 4 is 23.1 Å². The van der Waals surface area contributed by atoms with Gasteiger partial charge in [0.15, 0.2) is 5.69 Å². The van der Waals surface area contributed by atoms with E-state index in [0.717, 1.165) is 4.68 Å². The summed E-state index contributed by atoms with van der Waals surface area (Å²) in [5.41, 5.74) is 12.6. The summed E-state index contributed by atoms with van der Waals surface area (Å²) in [6.45, 7) is 3.85. The fourth-order valence-electron chi connectivity index (χ4n) is 2.93. The molecule has 2 aromatic carbocycles. The quantitative estimate of drug-likeness (QED) is 0.268. The van der Waals surface area contributed by atoms with Crippen LogP contribution >= 0.6 is 0 Å². The summed E-state index contributed by atoms with van der Waals surface area (Å²) in [6.07, 6.45) is 0. The molecule has 2 aromatic heterocycles. The zero-order chi connectivity index (χ0) is 24.2. The average molecular weight is 458 g/mol. The molecule has 0 saturated heterocycles. The second-order valence-corrected chi connectivity index (χ2v) is 6.72. The molecule has 0 saturated carbocycles. The number of carbonyl (C=O) groups is 1. The second kappa shape index (κ2) is 8.88. The summed E-state index contributed by atoms with van der Waals surface area (Å²) >= 11 is 0. The number of rotatable bonds is 7. The number of nitrogens with two attached hydrogens (primary N) is 1. The second-order valence-electron chi connectivity index (χ2n) is 6.72. The molecule has 1 amide bonds. The molecule has 0 bridgehead atoms. The number of nitrogens with zero attached hydrogens (tertiary/aromatic N) is 7. The molecule has 4 aromatic rings. The first-order chi connectivity index (χ1) is 16.4. The zero-order valence-electron chi connectivity index (χ0n) is 17.2. The Morgan fingerprint density at radius 2 is 1.85 bits per heavy atom. The number of non-ortho nitro benzene ring substituents is 1. The number of amides is 1. The van der Waals surface area contributed by atoms with E-state index in [1.165, 1.54) is 24.3 Å². The first-order valence-corrected chi connectivity index (χ1v) is 9.43. The van der Waals surface area contributed by atoms with Crippen molar-refractivity contribution in [3.63, 3.8) is 0 Å². The van der Waals surface area contributed by atoms with Gasteiger partial charge in [0.1, 0.15) is 5.69 Å². The number of aromatic nitrogens is 5. The number of anilines is 1. The van der Waals surface area contributed by atoms with Crippen molar-refractivity contribution in [2.75, 3.05) is 5.73 Å². The van der Waals surface area contributed by atoms with Gasteiger partial charge < -0.3 is 5.73 Å². The lowest BCUT2D eigenvalue weighted by molar-refractivity contribution is -0.384. The number of carbonyl (C=O) groups excluding carboxylic acids is 1. The molecule has 0 spiro atoms. The van der Waals surface area contributed by atoms with Crippen LogP contribution in [0.5, 0.6) is 0 Å². The Bertz CT molecular complexity index is 1430. The van der Waals surface area contributed by atoms with E-state index < -0.39 is 10.8 Å². The van der Waals surface area contributed by atoms with Crippen molar-refractivity contribution in [1.82, 2.24) is 36.2 Å². The average Bonchev–Trinajstić information content (AvgIpc) is 3.48. The normalized spacial score (nSPS) is 10.3. The van der Waals surface area contributed by atoms with Crippen LogP contribution in [0.1, 0.15) is 21.6 Å². The third kappa shape index (κ3) is 4.11. The van der Waals surface area contributed by atoms with Gasteiger partial charge in [-0.3, -0.25) is 25.8 Å². The van der Waals surface area contributed by atoms with E-state index in [0.29, 0.717) is 22.4 Å². The molecule has 14 nitrogen and oxygen atoms in total. The first-order valence-electron chi connectivity index (χ1n) is 9.43. The van der Waals surface area contributed by atoms with Gasteiger partial charge >= 0.3 is 0 Å². The van der Waals surface area contributed by atoms with Crippen molar-refractivity contribution in [3.8, 4) is 23.1 Å². The summed E-state index contributed by atoms with van der Waals surface area (Å²) in [5, 5.41) is 34.9. The molecule has 4 N–H and O–H groups in total. The standard InChI is InChI=1S/C20H14N10O4/c1-11(13-4-2-12(10-21)3-5-13)23-25-20(31)16-17(14-6-8-15(9-7-14)30(32)33)29(28-24-16)19-18(22)26-34-27-19/h2-9,23H,1H2,(H2,22,26)(H,25,31). The number of nitriles is 1. The third-order valence-electron chi connectivity index (χ3n) is 4.62. The molecule has 0 aliphatic carbocycles. The van der Waals surface area contributed by atoms with Gasteiger partial charge in [-0.2, -0.15) is 9.94 Å². The Morgan fingerprint density at radius 3 is 2.44 bits per heavy atom. The molecule has 0 radical (unpaired) electrons. The van der Waals surface area contributed by atoms with Gasteiger partial charge in [-0.25, -0.2) is 4.63 Å². The van der Waals surface area contributed by atoms with Crippen LogP contribution in [0.25, 0.3) is 22.8 Å². The molecule has 0 aliphatic heterocycles. The van der Waals surface area contributed by atoms with E-state index in [1.54, 1.807) is 24.3 Å². The number of benzene rings is 2. The number of nitro groups is 1. The lowest BCUT2D eigenvalue weighted by Gasteiger charge is -2.11. The van der Waals surface area contributed by atoms with Gasteiger partial charge in [0.2, 0.25) is 11.6 Å². The molecule has 2 heterocycles. The Morgan fingerprint density at radius 1 is 1.15 bits per heavy atom. The Hall–Kier alpha value is -5.58.